The summed E-state index contributed by atoms with van der Waals surface area (Å²) < 4.78 is 12.9. The third-order valence-corrected chi connectivity index (χ3v) is 5.55. The van der Waals surface area contributed by atoms with Crippen molar-refractivity contribution < 1.29 is 9.18 Å². The van der Waals surface area contributed by atoms with Gasteiger partial charge in [0.1, 0.15) is 5.82 Å². The number of aryl methyl sites for hydroxylation is 2. The van der Waals surface area contributed by atoms with Gasteiger partial charge in [-0.05, 0) is 67.9 Å². The van der Waals surface area contributed by atoms with Crippen LogP contribution in [0, 0.1) is 11.7 Å². The minimum absolute atomic E-state index is 0.0259. The number of carbonyl (C=O) groups excluding carboxylic acids is 1. The quantitative estimate of drug-likeness (QED) is 0.882. The number of nitrogens with zero attached hydrogens (tertiary/aromatic N) is 3. The summed E-state index contributed by atoms with van der Waals surface area (Å²) in [6, 6.07) is 8.58. The van der Waals surface area contributed by atoms with E-state index in [0.717, 1.165) is 55.7 Å². The molecule has 1 aliphatic carbocycles. The van der Waals surface area contributed by atoms with Crippen molar-refractivity contribution in [2.24, 2.45) is 5.92 Å². The lowest BCUT2D eigenvalue weighted by Crippen LogP contribution is -2.44. The number of benzene rings is 1. The molecule has 0 saturated carbocycles. The lowest BCUT2D eigenvalue weighted by atomic mass is 9.97. The Bertz CT molecular complexity index is 808. The molecule has 1 amide bonds. The number of halogens is 1. The van der Waals surface area contributed by atoms with Crippen LogP contribution in [0.1, 0.15) is 36.1 Å². The van der Waals surface area contributed by atoms with E-state index in [9.17, 15) is 9.18 Å². The van der Waals surface area contributed by atoms with E-state index < -0.39 is 0 Å². The van der Waals surface area contributed by atoms with E-state index in [0.29, 0.717) is 19.5 Å². The van der Waals surface area contributed by atoms with Crippen molar-refractivity contribution in [1.82, 2.24) is 15.5 Å². The van der Waals surface area contributed by atoms with Gasteiger partial charge in [0.15, 0.2) is 5.82 Å². The minimum atomic E-state index is -0.236. The van der Waals surface area contributed by atoms with E-state index in [1.807, 2.05) is 0 Å². The summed E-state index contributed by atoms with van der Waals surface area (Å²) in [6.45, 7) is 2.18. The molecule has 0 spiro atoms. The van der Waals surface area contributed by atoms with Crippen LogP contribution in [0.5, 0.6) is 0 Å². The average molecular weight is 368 g/mol. The topological polar surface area (TPSA) is 58.1 Å². The Morgan fingerprint density at radius 3 is 2.89 bits per heavy atom. The summed E-state index contributed by atoms with van der Waals surface area (Å²) in [5.74, 6) is 0.733. The molecule has 1 aliphatic heterocycles. The smallest absolute Gasteiger partial charge is 0.224 e. The van der Waals surface area contributed by atoms with Crippen molar-refractivity contribution in [3.8, 4) is 0 Å². The molecule has 2 heterocycles. The van der Waals surface area contributed by atoms with Gasteiger partial charge in [0.2, 0.25) is 5.91 Å². The first-order chi connectivity index (χ1) is 13.2. The molecule has 1 atom stereocenters. The Hall–Kier alpha value is -2.50. The number of piperidine rings is 1. The standard InChI is InChI=1S/C21H25FN4O/c22-18-8-6-15(7-9-18)10-11-23-21(27)17-4-2-12-26(14-17)20-13-16-3-1-5-19(16)24-25-20/h6-9,13,17H,1-5,10-12,14H2,(H,23,27)/t17-/m0/s1. The maximum absolute atomic E-state index is 12.9. The van der Waals surface area contributed by atoms with E-state index in [2.05, 4.69) is 26.5 Å². The van der Waals surface area contributed by atoms with Crippen LogP contribution in [0.15, 0.2) is 30.3 Å². The Morgan fingerprint density at radius 2 is 2.04 bits per heavy atom. The van der Waals surface area contributed by atoms with Crippen molar-refractivity contribution in [3.05, 3.63) is 53.0 Å². The van der Waals surface area contributed by atoms with Gasteiger partial charge in [-0.3, -0.25) is 4.79 Å². The molecule has 1 saturated heterocycles. The number of rotatable bonds is 5. The van der Waals surface area contributed by atoms with Gasteiger partial charge < -0.3 is 10.2 Å². The van der Waals surface area contributed by atoms with Crippen LogP contribution in [0.3, 0.4) is 0 Å². The fourth-order valence-electron chi connectivity index (χ4n) is 4.00. The van der Waals surface area contributed by atoms with Gasteiger partial charge in [-0.15, -0.1) is 5.10 Å². The molecule has 6 heteroatoms. The van der Waals surface area contributed by atoms with Gasteiger partial charge in [0.05, 0.1) is 11.6 Å². The van der Waals surface area contributed by atoms with Crippen molar-refractivity contribution in [2.45, 2.75) is 38.5 Å². The molecule has 5 nitrogen and oxygen atoms in total. The zero-order chi connectivity index (χ0) is 18.6. The van der Waals surface area contributed by atoms with E-state index in [4.69, 9.17) is 0 Å². The van der Waals surface area contributed by atoms with E-state index in [1.54, 1.807) is 12.1 Å². The van der Waals surface area contributed by atoms with Crippen LogP contribution < -0.4 is 10.2 Å². The van der Waals surface area contributed by atoms with Gasteiger partial charge in [-0.2, -0.15) is 5.10 Å². The van der Waals surface area contributed by atoms with Gasteiger partial charge in [-0.25, -0.2) is 4.39 Å². The van der Waals surface area contributed by atoms with Crippen LogP contribution in [-0.4, -0.2) is 35.7 Å². The molecule has 2 aliphatic rings. The number of anilines is 1. The molecule has 1 N–H and O–H groups in total. The summed E-state index contributed by atoms with van der Waals surface area (Å²) in [5.41, 5.74) is 3.46. The number of hydrogen-bond donors (Lipinski definition) is 1. The molecule has 1 aromatic heterocycles. The molecule has 0 unspecified atom stereocenters. The second-order valence-corrected chi connectivity index (χ2v) is 7.48. The predicted octanol–water partition coefficient (Wildman–Crippen LogP) is 2.68. The van der Waals surface area contributed by atoms with E-state index in [-0.39, 0.29) is 17.6 Å². The van der Waals surface area contributed by atoms with Crippen LogP contribution in [-0.2, 0) is 24.1 Å². The van der Waals surface area contributed by atoms with E-state index >= 15 is 0 Å². The third kappa shape index (κ3) is 4.26. The molecule has 142 valence electrons. The van der Waals surface area contributed by atoms with Gasteiger partial charge in [-0.1, -0.05) is 12.1 Å². The normalized spacial score (nSPS) is 19.0. The Balaban J connectivity index is 1.31. The van der Waals surface area contributed by atoms with Crippen LogP contribution in [0.25, 0.3) is 0 Å². The summed E-state index contributed by atoms with van der Waals surface area (Å²) in [4.78, 5) is 14.8. The lowest BCUT2D eigenvalue weighted by molar-refractivity contribution is -0.125. The van der Waals surface area contributed by atoms with Crippen molar-refractivity contribution in [3.63, 3.8) is 0 Å². The van der Waals surface area contributed by atoms with Crippen molar-refractivity contribution in [1.29, 1.82) is 0 Å². The van der Waals surface area contributed by atoms with E-state index in [1.165, 1.54) is 17.7 Å². The summed E-state index contributed by atoms with van der Waals surface area (Å²) in [7, 11) is 0. The SMILES string of the molecule is O=C(NCCc1ccc(F)cc1)[C@H]1CCCN(c2cc3c(nn2)CCC3)C1. The molecule has 0 radical (unpaired) electrons. The zero-order valence-corrected chi connectivity index (χ0v) is 15.5. The largest absolute Gasteiger partial charge is 0.355 e. The highest BCUT2D eigenvalue weighted by molar-refractivity contribution is 5.79. The van der Waals surface area contributed by atoms with Gasteiger partial charge in [0, 0.05) is 19.6 Å². The maximum atomic E-state index is 12.9. The fraction of sp³-hybridized carbons (Fsp3) is 0.476. The molecule has 0 bridgehead atoms. The maximum Gasteiger partial charge on any atom is 0.224 e. The van der Waals surface area contributed by atoms with Gasteiger partial charge >= 0.3 is 0 Å². The molecular weight excluding hydrogens is 343 g/mol. The second-order valence-electron chi connectivity index (χ2n) is 7.48. The first-order valence-corrected chi connectivity index (χ1v) is 9.81. The first kappa shape index (κ1) is 17.9. The summed E-state index contributed by atoms with van der Waals surface area (Å²) >= 11 is 0. The lowest BCUT2D eigenvalue weighted by Gasteiger charge is -2.32. The number of carbonyl (C=O) groups is 1. The molecule has 27 heavy (non-hydrogen) atoms. The zero-order valence-electron chi connectivity index (χ0n) is 15.5. The Labute approximate surface area is 159 Å². The molecule has 1 aromatic carbocycles. The number of aromatic nitrogens is 2. The number of nitrogens with one attached hydrogen (secondary N) is 1. The fourth-order valence-corrected chi connectivity index (χ4v) is 4.00. The highest BCUT2D eigenvalue weighted by Crippen LogP contribution is 2.26. The summed E-state index contributed by atoms with van der Waals surface area (Å²) in [5, 5.41) is 11.8. The first-order valence-electron chi connectivity index (χ1n) is 9.81. The van der Waals surface area contributed by atoms with Crippen LogP contribution >= 0.6 is 0 Å². The monoisotopic (exact) mass is 368 g/mol. The second kappa shape index (κ2) is 8.03. The average Bonchev–Trinajstić information content (AvgIpc) is 3.17. The van der Waals surface area contributed by atoms with Crippen LogP contribution in [0.4, 0.5) is 10.2 Å². The number of hydrogen-bond acceptors (Lipinski definition) is 4. The molecule has 1 fully saturated rings. The number of amides is 1. The molecular formula is C21H25FN4O. The highest BCUT2D eigenvalue weighted by atomic mass is 19.1. The Kier molecular flexibility index (Phi) is 5.32. The van der Waals surface area contributed by atoms with Crippen LogP contribution in [0.2, 0.25) is 0 Å². The predicted molar refractivity (Wildman–Crippen MR) is 102 cm³/mol. The third-order valence-electron chi connectivity index (χ3n) is 5.55. The molecule has 4 rings (SSSR count). The number of fused-ring (bicyclic) bond motifs is 1. The van der Waals surface area contributed by atoms with Crippen molar-refractivity contribution >= 4 is 11.7 Å². The highest BCUT2D eigenvalue weighted by Gasteiger charge is 2.27. The minimum Gasteiger partial charge on any atom is -0.355 e. The Morgan fingerprint density at radius 1 is 1.19 bits per heavy atom. The molecule has 2 aromatic rings. The van der Waals surface area contributed by atoms with Crippen molar-refractivity contribution in [2.75, 3.05) is 24.5 Å². The summed E-state index contributed by atoms with van der Waals surface area (Å²) in [6.07, 6.45) is 5.86. The van der Waals surface area contributed by atoms with Gasteiger partial charge in [0.25, 0.3) is 0 Å².